The Balaban J connectivity index is 0.00000308. The van der Waals surface area contributed by atoms with Crippen molar-refractivity contribution in [1.82, 2.24) is 0 Å². The summed E-state index contributed by atoms with van der Waals surface area (Å²) in [5.74, 6) is 0.438. The molecule has 43 heavy (non-hydrogen) atoms. The molecule has 3 aromatic rings. The van der Waals surface area contributed by atoms with Crippen molar-refractivity contribution in [3.63, 3.8) is 0 Å². The molecule has 0 nitrogen and oxygen atoms in total. The molecule has 0 spiro atoms. The molecule has 0 aliphatic heterocycles. The van der Waals surface area contributed by atoms with E-state index in [1.807, 2.05) is 0 Å². The Bertz CT molecular complexity index is 1270. The molecule has 230 valence electrons. The predicted octanol–water partition coefficient (Wildman–Crippen LogP) is -1.13. The molecule has 0 saturated carbocycles. The van der Waals surface area contributed by atoms with E-state index < -0.39 is 8.07 Å². The number of allylic oxidation sites excluding steroid dienone is 4. The summed E-state index contributed by atoms with van der Waals surface area (Å²) in [4.78, 5) is 0. The third-order valence-electron chi connectivity index (χ3n) is 9.55. The van der Waals surface area contributed by atoms with Gasteiger partial charge in [-0.15, -0.1) is 0 Å². The van der Waals surface area contributed by atoms with E-state index in [4.69, 9.17) is 0 Å². The zero-order chi connectivity index (χ0) is 29.2. The van der Waals surface area contributed by atoms with Crippen LogP contribution in [0.2, 0.25) is 0 Å². The van der Waals surface area contributed by atoms with Gasteiger partial charge in [-0.25, -0.2) is 0 Å². The minimum absolute atomic E-state index is 0. The molecule has 0 fully saturated rings. The summed E-state index contributed by atoms with van der Waals surface area (Å²) in [6.07, 6.45) is 6.41. The second kappa shape index (κ2) is 17.0. The van der Waals surface area contributed by atoms with Crippen LogP contribution in [-0.4, -0.2) is 8.07 Å². The van der Waals surface area contributed by atoms with Crippen LogP contribution in [-0.2, 0) is 59.0 Å². The Morgan fingerprint density at radius 3 is 0.930 bits per heavy atom. The van der Waals surface area contributed by atoms with Crippen LogP contribution >= 0.6 is 0 Å². The SMILES string of the molecule is CCc1cc(CC)cc([Si](C2=C(C)C(C)=[C]([Ti+3])C2C)(c2cc(CC)cc(CC)c2)c2cc(CC)cc(CC)c2)c1.[Cl-].[Cl-].[Cl-]. The van der Waals surface area contributed by atoms with Gasteiger partial charge in [-0.1, -0.05) is 0 Å². The van der Waals surface area contributed by atoms with E-state index in [9.17, 15) is 0 Å². The summed E-state index contributed by atoms with van der Waals surface area (Å²) >= 11 is 2.38. The maximum Gasteiger partial charge on any atom is -1.00 e. The van der Waals surface area contributed by atoms with Gasteiger partial charge in [-0.3, -0.25) is 0 Å². The molecule has 0 radical (unpaired) electrons. The van der Waals surface area contributed by atoms with Crippen molar-refractivity contribution in [2.45, 2.75) is 101 Å². The van der Waals surface area contributed by atoms with Gasteiger partial charge in [0.25, 0.3) is 0 Å². The van der Waals surface area contributed by atoms with Crippen LogP contribution in [0, 0.1) is 5.92 Å². The first-order valence-electron chi connectivity index (χ1n) is 15.7. The van der Waals surface area contributed by atoms with Crippen molar-refractivity contribution in [2.75, 3.05) is 0 Å². The average Bonchev–Trinajstić information content (AvgIpc) is 3.19. The summed E-state index contributed by atoms with van der Waals surface area (Å²) in [6.45, 7) is 21.2. The summed E-state index contributed by atoms with van der Waals surface area (Å²) < 4.78 is 1.55. The van der Waals surface area contributed by atoms with Crippen LogP contribution in [0.15, 0.2) is 74.8 Å². The van der Waals surface area contributed by atoms with Gasteiger partial charge in [0.1, 0.15) is 0 Å². The molecule has 0 aromatic heterocycles. The van der Waals surface area contributed by atoms with Gasteiger partial charge >= 0.3 is 259 Å². The Morgan fingerprint density at radius 1 is 0.488 bits per heavy atom. The predicted molar refractivity (Wildman–Crippen MR) is 175 cm³/mol. The van der Waals surface area contributed by atoms with Gasteiger partial charge in [-0.05, 0) is 0 Å². The van der Waals surface area contributed by atoms with Gasteiger partial charge in [0, 0.05) is 0 Å². The Labute approximate surface area is 294 Å². The molecule has 0 amide bonds. The third kappa shape index (κ3) is 7.51. The van der Waals surface area contributed by atoms with E-state index in [1.165, 1.54) is 44.5 Å². The number of hydrogen-bond acceptors (Lipinski definition) is 0. The van der Waals surface area contributed by atoms with Crippen LogP contribution in [0.25, 0.3) is 0 Å². The molecular weight excluding hydrogens is 639 g/mol. The fraction of sp³-hybridized carbons (Fsp3) is 0.421. The monoisotopic (exact) mass is 686 g/mol. The minimum Gasteiger partial charge on any atom is -1.00 e. The van der Waals surface area contributed by atoms with Crippen LogP contribution in [0.1, 0.15) is 95.7 Å². The molecule has 1 aliphatic carbocycles. The Morgan fingerprint density at radius 2 is 0.744 bits per heavy atom. The Kier molecular flexibility index (Phi) is 15.8. The van der Waals surface area contributed by atoms with E-state index >= 15 is 0 Å². The van der Waals surface area contributed by atoms with Crippen LogP contribution in [0.3, 0.4) is 0 Å². The Hall–Kier alpha value is -1.06. The second-order valence-corrected chi connectivity index (χ2v) is 16.4. The number of halogens is 3. The first-order valence-corrected chi connectivity index (χ1v) is 18.5. The molecular formula is C38H49Cl3SiTi. The molecule has 0 bridgehead atoms. The fourth-order valence-electron chi connectivity index (χ4n) is 6.93. The molecule has 4 rings (SSSR count). The first-order chi connectivity index (χ1) is 19.2. The van der Waals surface area contributed by atoms with Crippen molar-refractivity contribution in [1.29, 1.82) is 0 Å². The van der Waals surface area contributed by atoms with E-state index in [0.717, 1.165) is 38.5 Å². The maximum atomic E-state index is 2.61. The van der Waals surface area contributed by atoms with Gasteiger partial charge in [0.15, 0.2) is 0 Å². The van der Waals surface area contributed by atoms with E-state index in [0.29, 0.717) is 5.92 Å². The average molecular weight is 688 g/mol. The number of rotatable bonds is 10. The van der Waals surface area contributed by atoms with E-state index in [-0.39, 0.29) is 37.2 Å². The maximum absolute atomic E-state index is 2.65. The number of benzene rings is 3. The molecule has 5 heteroatoms. The fourth-order valence-corrected chi connectivity index (χ4v) is 13.6. The number of hydrogen-bond donors (Lipinski definition) is 0. The zero-order valence-electron chi connectivity index (χ0n) is 27.7. The van der Waals surface area contributed by atoms with Crippen LogP contribution in [0.4, 0.5) is 0 Å². The first kappa shape index (κ1) is 40.0. The molecule has 1 aliphatic rings. The molecule has 1 atom stereocenters. The summed E-state index contributed by atoms with van der Waals surface area (Å²) in [6, 6.07) is 23.0. The normalized spacial score (nSPS) is 14.8. The largest absolute Gasteiger partial charge is 1.00 e. The molecule has 3 aromatic carbocycles. The molecule has 0 N–H and O–H groups in total. The zero-order valence-corrected chi connectivity index (χ0v) is 32.5. The van der Waals surface area contributed by atoms with Crippen molar-refractivity contribution < 1.29 is 57.7 Å². The standard InChI is InChI=1S/C38H49Si.3ClH.Ti/c1-10-29-17-30(11-2)21-35(20-29)39(38-27(8)16-26(7)28(38)9,36-22-31(12-3)18-32(13-4)23-36)37-24-33(14-5)19-34(15-6)25-37;;;;/h17-25,27H,10-15H2,1-9H3;3*1H;/q;;;;+3/p-3. The minimum atomic E-state index is -2.65. The smallest absolute Gasteiger partial charge is 1.00 e. The van der Waals surface area contributed by atoms with Gasteiger partial charge in [0.2, 0.25) is 0 Å². The molecule has 0 saturated heterocycles. The number of aryl methyl sites for hydroxylation is 6. The van der Waals surface area contributed by atoms with Crippen molar-refractivity contribution in [2.24, 2.45) is 5.92 Å². The summed E-state index contributed by atoms with van der Waals surface area (Å²) in [5.41, 5.74) is 11.9. The summed E-state index contributed by atoms with van der Waals surface area (Å²) in [7, 11) is -2.65. The van der Waals surface area contributed by atoms with Crippen molar-refractivity contribution in [3.8, 4) is 0 Å². The van der Waals surface area contributed by atoms with Crippen LogP contribution < -0.4 is 52.8 Å². The summed E-state index contributed by atoms with van der Waals surface area (Å²) in [5, 5.41) is 6.46. The van der Waals surface area contributed by atoms with Crippen molar-refractivity contribution in [3.05, 3.63) is 108 Å². The van der Waals surface area contributed by atoms with Gasteiger partial charge in [-0.2, -0.15) is 0 Å². The van der Waals surface area contributed by atoms with Crippen LogP contribution in [0.5, 0.6) is 0 Å². The van der Waals surface area contributed by atoms with Gasteiger partial charge in [0.05, 0.1) is 0 Å². The third-order valence-corrected chi connectivity index (χ3v) is 15.9. The van der Waals surface area contributed by atoms with E-state index in [2.05, 4.69) is 137 Å². The quantitative estimate of drug-likeness (QED) is 0.187. The van der Waals surface area contributed by atoms with Gasteiger partial charge < -0.3 is 37.2 Å². The van der Waals surface area contributed by atoms with E-state index in [1.54, 1.807) is 24.6 Å². The molecule has 1 unspecified atom stereocenters. The topological polar surface area (TPSA) is 0 Å². The van der Waals surface area contributed by atoms with Crippen molar-refractivity contribution >= 4 is 23.6 Å². The second-order valence-electron chi connectivity index (χ2n) is 11.8. The molecule has 0 heterocycles.